The van der Waals surface area contributed by atoms with E-state index in [1.165, 1.54) is 65.0 Å². The van der Waals surface area contributed by atoms with Crippen LogP contribution in [0.25, 0.3) is 0 Å². The molecule has 2 fully saturated rings. The van der Waals surface area contributed by atoms with Gasteiger partial charge in [-0.2, -0.15) is 0 Å². The summed E-state index contributed by atoms with van der Waals surface area (Å²) in [6.07, 6.45) is 5.60. The molecule has 2 heterocycles. The Morgan fingerprint density at radius 1 is 0.944 bits per heavy atom. The van der Waals surface area contributed by atoms with Crippen molar-refractivity contribution in [2.75, 3.05) is 45.8 Å². The van der Waals surface area contributed by atoms with Gasteiger partial charge in [-0.1, -0.05) is 13.8 Å². The van der Waals surface area contributed by atoms with Gasteiger partial charge in [-0.15, -0.1) is 0 Å². The molecule has 18 heavy (non-hydrogen) atoms. The monoisotopic (exact) mass is 253 g/mol. The second-order valence-electron chi connectivity index (χ2n) is 5.95. The Kier molecular flexibility index (Phi) is 5.93. The number of hydrogen-bond acceptors (Lipinski definition) is 3. The molecule has 2 aliphatic heterocycles. The van der Waals surface area contributed by atoms with Gasteiger partial charge in [-0.3, -0.25) is 0 Å². The van der Waals surface area contributed by atoms with Crippen LogP contribution in [-0.4, -0.2) is 61.7 Å². The van der Waals surface area contributed by atoms with E-state index in [2.05, 4.69) is 29.0 Å². The van der Waals surface area contributed by atoms with Crippen LogP contribution in [0.15, 0.2) is 0 Å². The Morgan fingerprint density at radius 3 is 2.17 bits per heavy atom. The zero-order valence-electron chi connectivity index (χ0n) is 12.3. The van der Waals surface area contributed by atoms with Crippen LogP contribution in [0.3, 0.4) is 0 Å². The zero-order chi connectivity index (χ0) is 12.8. The second kappa shape index (κ2) is 7.46. The van der Waals surface area contributed by atoms with Crippen molar-refractivity contribution in [1.82, 2.24) is 15.1 Å². The van der Waals surface area contributed by atoms with Crippen LogP contribution < -0.4 is 5.32 Å². The lowest BCUT2D eigenvalue weighted by Crippen LogP contribution is -2.48. The van der Waals surface area contributed by atoms with Gasteiger partial charge in [0.05, 0.1) is 0 Å². The normalized spacial score (nSPS) is 25.7. The zero-order valence-corrected chi connectivity index (χ0v) is 12.3. The van der Waals surface area contributed by atoms with E-state index < -0.39 is 0 Å². The van der Waals surface area contributed by atoms with Gasteiger partial charge in [0.15, 0.2) is 0 Å². The van der Waals surface area contributed by atoms with Crippen molar-refractivity contribution in [2.45, 2.75) is 45.6 Å². The molecule has 0 unspecified atom stereocenters. The average Bonchev–Trinajstić information content (AvgIpc) is 2.46. The van der Waals surface area contributed by atoms with E-state index in [1.807, 2.05) is 0 Å². The van der Waals surface area contributed by atoms with Gasteiger partial charge in [0.25, 0.3) is 0 Å². The highest BCUT2D eigenvalue weighted by Gasteiger charge is 2.27. The van der Waals surface area contributed by atoms with Crippen molar-refractivity contribution in [1.29, 1.82) is 0 Å². The first-order valence-corrected chi connectivity index (χ1v) is 8.00. The highest BCUT2D eigenvalue weighted by atomic mass is 15.2. The average molecular weight is 253 g/mol. The lowest BCUT2D eigenvalue weighted by Gasteiger charge is -2.41. The molecule has 0 bridgehead atoms. The number of nitrogens with zero attached hydrogens (tertiary/aromatic N) is 2. The third-order valence-electron chi connectivity index (χ3n) is 4.85. The maximum absolute atomic E-state index is 3.50. The third-order valence-corrected chi connectivity index (χ3v) is 4.85. The fraction of sp³-hybridized carbons (Fsp3) is 1.00. The van der Waals surface area contributed by atoms with E-state index in [4.69, 9.17) is 0 Å². The summed E-state index contributed by atoms with van der Waals surface area (Å²) in [5.74, 6) is 0.928. The van der Waals surface area contributed by atoms with Crippen LogP contribution in [0.2, 0.25) is 0 Å². The molecule has 2 rings (SSSR count). The molecule has 3 heteroatoms. The molecular formula is C15H31N3. The second-order valence-corrected chi connectivity index (χ2v) is 5.95. The largest absolute Gasteiger partial charge is 0.317 e. The van der Waals surface area contributed by atoms with Crippen LogP contribution in [0, 0.1) is 5.92 Å². The van der Waals surface area contributed by atoms with Crippen LogP contribution in [0.4, 0.5) is 0 Å². The SMILES string of the molecule is CCNCC1CCN(C2CCN(CC)CC2)CC1. The first-order chi connectivity index (χ1) is 8.83. The molecule has 2 saturated heterocycles. The maximum Gasteiger partial charge on any atom is 0.0120 e. The predicted octanol–water partition coefficient (Wildman–Crippen LogP) is 1.79. The van der Waals surface area contributed by atoms with E-state index in [0.717, 1.165) is 18.5 Å². The van der Waals surface area contributed by atoms with E-state index in [9.17, 15) is 0 Å². The van der Waals surface area contributed by atoms with Crippen molar-refractivity contribution in [2.24, 2.45) is 5.92 Å². The predicted molar refractivity (Wildman–Crippen MR) is 78.0 cm³/mol. The maximum atomic E-state index is 3.50. The molecule has 1 N–H and O–H groups in total. The summed E-state index contributed by atoms with van der Waals surface area (Å²) in [6.45, 7) is 13.4. The number of hydrogen-bond donors (Lipinski definition) is 1. The minimum Gasteiger partial charge on any atom is -0.317 e. The quantitative estimate of drug-likeness (QED) is 0.806. The molecule has 0 saturated carbocycles. The van der Waals surface area contributed by atoms with Crippen molar-refractivity contribution in [3.05, 3.63) is 0 Å². The summed E-state index contributed by atoms with van der Waals surface area (Å²) in [6, 6.07) is 0.882. The molecule has 0 amide bonds. The summed E-state index contributed by atoms with van der Waals surface area (Å²) in [7, 11) is 0. The summed E-state index contributed by atoms with van der Waals surface area (Å²) in [4.78, 5) is 5.36. The fourth-order valence-electron chi connectivity index (χ4n) is 3.47. The van der Waals surface area contributed by atoms with Crippen molar-refractivity contribution < 1.29 is 0 Å². The molecule has 0 aromatic rings. The third kappa shape index (κ3) is 3.94. The Hall–Kier alpha value is -0.120. The lowest BCUT2D eigenvalue weighted by molar-refractivity contribution is 0.0794. The Labute approximate surface area is 113 Å². The van der Waals surface area contributed by atoms with Crippen LogP contribution in [0.1, 0.15) is 39.5 Å². The van der Waals surface area contributed by atoms with Gasteiger partial charge in [0.1, 0.15) is 0 Å². The summed E-state index contributed by atoms with van der Waals surface area (Å²) >= 11 is 0. The van der Waals surface area contributed by atoms with Crippen LogP contribution in [0.5, 0.6) is 0 Å². The van der Waals surface area contributed by atoms with E-state index in [1.54, 1.807) is 0 Å². The number of nitrogens with one attached hydrogen (secondary N) is 1. The summed E-state index contributed by atoms with van der Waals surface area (Å²) < 4.78 is 0. The molecule has 0 aromatic carbocycles. The summed E-state index contributed by atoms with van der Waals surface area (Å²) in [5.41, 5.74) is 0. The first kappa shape index (κ1) is 14.3. The molecule has 0 atom stereocenters. The Morgan fingerprint density at radius 2 is 1.61 bits per heavy atom. The molecule has 106 valence electrons. The number of likely N-dealkylation sites (tertiary alicyclic amines) is 2. The molecule has 0 spiro atoms. The molecule has 2 aliphatic rings. The van der Waals surface area contributed by atoms with Gasteiger partial charge in [-0.25, -0.2) is 0 Å². The molecule has 0 aliphatic carbocycles. The van der Waals surface area contributed by atoms with E-state index >= 15 is 0 Å². The van der Waals surface area contributed by atoms with Gasteiger partial charge in [0.2, 0.25) is 0 Å². The molecular weight excluding hydrogens is 222 g/mol. The van der Waals surface area contributed by atoms with Gasteiger partial charge in [0, 0.05) is 6.04 Å². The highest BCUT2D eigenvalue weighted by Crippen LogP contribution is 2.23. The molecule has 3 nitrogen and oxygen atoms in total. The Bertz CT molecular complexity index is 216. The van der Waals surface area contributed by atoms with Crippen LogP contribution in [-0.2, 0) is 0 Å². The minimum absolute atomic E-state index is 0.882. The van der Waals surface area contributed by atoms with E-state index in [0.29, 0.717) is 0 Å². The van der Waals surface area contributed by atoms with Crippen molar-refractivity contribution in [3.8, 4) is 0 Å². The Balaban J connectivity index is 1.67. The first-order valence-electron chi connectivity index (χ1n) is 8.00. The van der Waals surface area contributed by atoms with Gasteiger partial charge >= 0.3 is 0 Å². The summed E-state index contributed by atoms with van der Waals surface area (Å²) in [5, 5.41) is 3.50. The topological polar surface area (TPSA) is 18.5 Å². The minimum atomic E-state index is 0.882. The van der Waals surface area contributed by atoms with Crippen LogP contribution >= 0.6 is 0 Å². The number of piperidine rings is 2. The molecule has 0 radical (unpaired) electrons. The van der Waals surface area contributed by atoms with Gasteiger partial charge < -0.3 is 15.1 Å². The van der Waals surface area contributed by atoms with Gasteiger partial charge in [-0.05, 0) is 77.4 Å². The lowest BCUT2D eigenvalue weighted by atomic mass is 9.93. The standard InChI is InChI=1S/C15H31N3/c1-3-16-13-14-5-11-18(12-6-14)15-7-9-17(4-2)10-8-15/h14-16H,3-13H2,1-2H3. The smallest absolute Gasteiger partial charge is 0.0120 e. The van der Waals surface area contributed by atoms with Crippen molar-refractivity contribution in [3.63, 3.8) is 0 Å². The fourth-order valence-corrected chi connectivity index (χ4v) is 3.47. The van der Waals surface area contributed by atoms with Crippen molar-refractivity contribution >= 4 is 0 Å². The van der Waals surface area contributed by atoms with E-state index in [-0.39, 0.29) is 0 Å². The highest BCUT2D eigenvalue weighted by molar-refractivity contribution is 4.83. The molecule has 0 aromatic heterocycles. The number of rotatable bonds is 5.